The first-order valence-electron chi connectivity index (χ1n) is 13.3. The van der Waals surface area contributed by atoms with Crippen LogP contribution in [0.15, 0.2) is 89.5 Å². The number of hydrogen-bond donors (Lipinski definition) is 3. The summed E-state index contributed by atoms with van der Waals surface area (Å²) in [4.78, 5) is 19.4. The van der Waals surface area contributed by atoms with E-state index in [1.807, 2.05) is 32.0 Å². The molecule has 0 saturated heterocycles. The highest BCUT2D eigenvalue weighted by Crippen LogP contribution is 2.34. The lowest BCUT2D eigenvalue weighted by atomic mass is 10.0. The molecule has 0 unspecified atom stereocenters. The minimum absolute atomic E-state index is 0.796. The predicted octanol–water partition coefficient (Wildman–Crippen LogP) is 8.15. The number of carboxylic acid groups (broad SMARTS) is 1. The molecule has 43 heavy (non-hydrogen) atoms. The Morgan fingerprint density at radius 3 is 2.28 bits per heavy atom. The molecule has 0 aliphatic rings. The first-order chi connectivity index (χ1) is 20.6. The van der Waals surface area contributed by atoms with E-state index < -0.39 is 12.1 Å². The molecule has 3 heterocycles. The first-order valence-corrected chi connectivity index (χ1v) is 14.1. The average molecular weight is 605 g/mol. The van der Waals surface area contributed by atoms with Gasteiger partial charge in [0, 0.05) is 23.5 Å². The van der Waals surface area contributed by atoms with Gasteiger partial charge in [-0.25, -0.2) is 9.78 Å². The molecule has 0 fully saturated rings. The third-order valence-corrected chi connectivity index (χ3v) is 7.76. The second kappa shape index (κ2) is 12.6. The van der Waals surface area contributed by atoms with Gasteiger partial charge >= 0.3 is 12.1 Å². The molecule has 3 N–H and O–H groups in total. The quantitative estimate of drug-likeness (QED) is 0.170. The van der Waals surface area contributed by atoms with Crippen LogP contribution in [0.4, 0.5) is 13.2 Å². The Hall–Kier alpha value is -4.74. The number of aromatic nitrogens is 3. The zero-order valence-corrected chi connectivity index (χ0v) is 24.0. The van der Waals surface area contributed by atoms with Gasteiger partial charge in [0.25, 0.3) is 0 Å². The Labute approximate surface area is 249 Å². The minimum atomic E-state index is -5.08. The smallest absolute Gasteiger partial charge is 0.475 e. The van der Waals surface area contributed by atoms with Gasteiger partial charge in [-0.2, -0.15) is 13.2 Å². The number of aromatic amines is 1. The SMILES string of the molecule is Cc1noc(C)c1-c1cccc(CNCc2ccc(-c3ccc(-c4nc5ccccc5[nH]4)s3)cc2)c1.O=C(O)C(F)(F)F. The van der Waals surface area contributed by atoms with E-state index >= 15 is 0 Å². The van der Waals surface area contributed by atoms with Crippen LogP contribution in [0.3, 0.4) is 0 Å². The number of fused-ring (bicyclic) bond motifs is 1. The summed E-state index contributed by atoms with van der Waals surface area (Å²) in [6.07, 6.45) is -5.08. The van der Waals surface area contributed by atoms with Gasteiger partial charge in [-0.15, -0.1) is 11.3 Å². The van der Waals surface area contributed by atoms with Crippen molar-refractivity contribution < 1.29 is 27.6 Å². The van der Waals surface area contributed by atoms with Crippen molar-refractivity contribution in [3.05, 3.63) is 108 Å². The van der Waals surface area contributed by atoms with Gasteiger partial charge in [0.1, 0.15) is 11.6 Å². The highest BCUT2D eigenvalue weighted by molar-refractivity contribution is 7.18. The number of halogens is 3. The Morgan fingerprint density at radius 2 is 1.60 bits per heavy atom. The fourth-order valence-corrected chi connectivity index (χ4v) is 5.52. The zero-order valence-electron chi connectivity index (χ0n) is 23.2. The van der Waals surface area contributed by atoms with Crippen molar-refractivity contribution in [3.63, 3.8) is 0 Å². The number of carbonyl (C=O) groups is 1. The van der Waals surface area contributed by atoms with Gasteiger partial charge in [0.2, 0.25) is 0 Å². The molecule has 6 aromatic rings. The molecule has 0 radical (unpaired) electrons. The van der Waals surface area contributed by atoms with E-state index in [0.717, 1.165) is 57.4 Å². The lowest BCUT2D eigenvalue weighted by molar-refractivity contribution is -0.192. The van der Waals surface area contributed by atoms with Crippen LogP contribution in [-0.4, -0.2) is 32.4 Å². The van der Waals surface area contributed by atoms with E-state index in [1.54, 1.807) is 11.3 Å². The van der Waals surface area contributed by atoms with Gasteiger partial charge in [0.05, 0.1) is 21.6 Å². The van der Waals surface area contributed by atoms with Gasteiger partial charge in [-0.1, -0.05) is 59.8 Å². The van der Waals surface area contributed by atoms with Crippen LogP contribution in [0, 0.1) is 13.8 Å². The highest BCUT2D eigenvalue weighted by Gasteiger charge is 2.38. The van der Waals surface area contributed by atoms with E-state index in [1.165, 1.54) is 21.6 Å². The van der Waals surface area contributed by atoms with Crippen molar-refractivity contribution in [1.82, 2.24) is 20.4 Å². The second-order valence-electron chi connectivity index (χ2n) is 9.77. The molecule has 0 bridgehead atoms. The molecule has 0 atom stereocenters. The standard InChI is InChI=1S/C30H26N4OS.C2HF3O2/c1-19-29(20(2)35-34-19)24-7-5-6-22(16-24)18-31-17-21-10-12-23(13-11-21)27-14-15-28(36-27)30-32-25-8-3-4-9-26(25)33-30;3-2(4,5)1(6)7/h3-16,31H,17-18H2,1-2H3,(H,32,33);(H,6,7). The maximum atomic E-state index is 10.6. The number of imidazole rings is 1. The normalized spacial score (nSPS) is 11.4. The summed E-state index contributed by atoms with van der Waals surface area (Å²) in [5.74, 6) is -0.979. The maximum absolute atomic E-state index is 10.6. The number of para-hydroxylation sites is 2. The monoisotopic (exact) mass is 604 g/mol. The lowest BCUT2D eigenvalue weighted by Crippen LogP contribution is -2.21. The van der Waals surface area contributed by atoms with Crippen LogP contribution >= 0.6 is 11.3 Å². The maximum Gasteiger partial charge on any atom is 0.490 e. The van der Waals surface area contributed by atoms with Crippen LogP contribution in [0.5, 0.6) is 0 Å². The number of hydrogen-bond acceptors (Lipinski definition) is 6. The summed E-state index contributed by atoms with van der Waals surface area (Å²) < 4.78 is 37.1. The fourth-order valence-electron chi connectivity index (χ4n) is 4.56. The fraction of sp³-hybridized carbons (Fsp3) is 0.156. The Kier molecular flexibility index (Phi) is 8.74. The number of nitrogens with zero attached hydrogens (tertiary/aromatic N) is 2. The summed E-state index contributed by atoms with van der Waals surface area (Å²) in [5, 5.41) is 14.8. The molecule has 0 amide bonds. The van der Waals surface area contributed by atoms with Crippen molar-refractivity contribution in [2.45, 2.75) is 33.1 Å². The number of alkyl halides is 3. The Morgan fingerprint density at radius 1 is 0.907 bits per heavy atom. The van der Waals surface area contributed by atoms with E-state index in [-0.39, 0.29) is 0 Å². The summed E-state index contributed by atoms with van der Waals surface area (Å²) in [6, 6.07) is 29.8. The average Bonchev–Trinajstić information content (AvgIpc) is 3.72. The topological polar surface area (TPSA) is 104 Å². The first kappa shape index (κ1) is 29.7. The van der Waals surface area contributed by atoms with Gasteiger partial charge in [-0.05, 0) is 66.4 Å². The van der Waals surface area contributed by atoms with Gasteiger partial charge in [-0.3, -0.25) is 0 Å². The lowest BCUT2D eigenvalue weighted by Gasteiger charge is -2.08. The number of rotatable bonds is 7. The Bertz CT molecular complexity index is 1800. The van der Waals surface area contributed by atoms with Crippen molar-refractivity contribution in [2.75, 3.05) is 0 Å². The molecule has 0 saturated carbocycles. The second-order valence-corrected chi connectivity index (χ2v) is 10.9. The molecule has 6 rings (SSSR count). The summed E-state index contributed by atoms with van der Waals surface area (Å²) in [6.45, 7) is 5.55. The van der Waals surface area contributed by atoms with Crippen molar-refractivity contribution in [1.29, 1.82) is 0 Å². The van der Waals surface area contributed by atoms with Crippen LogP contribution in [0.1, 0.15) is 22.6 Å². The predicted molar refractivity (Wildman–Crippen MR) is 160 cm³/mol. The van der Waals surface area contributed by atoms with Gasteiger partial charge < -0.3 is 19.9 Å². The summed E-state index contributed by atoms with van der Waals surface area (Å²) >= 11 is 1.76. The van der Waals surface area contributed by atoms with Crippen molar-refractivity contribution >= 4 is 28.3 Å². The van der Waals surface area contributed by atoms with Crippen molar-refractivity contribution in [3.8, 4) is 32.3 Å². The van der Waals surface area contributed by atoms with E-state index in [0.29, 0.717) is 0 Å². The molecule has 0 aliphatic heterocycles. The minimum Gasteiger partial charge on any atom is -0.475 e. The number of benzene rings is 3. The third kappa shape index (κ3) is 7.19. The number of nitrogens with one attached hydrogen (secondary N) is 2. The number of H-pyrrole nitrogens is 1. The van der Waals surface area contributed by atoms with Crippen LogP contribution in [0.25, 0.3) is 43.3 Å². The number of aryl methyl sites for hydroxylation is 2. The van der Waals surface area contributed by atoms with Crippen LogP contribution < -0.4 is 5.32 Å². The highest BCUT2D eigenvalue weighted by atomic mass is 32.1. The number of aliphatic carboxylic acids is 1. The molecule has 3 aromatic carbocycles. The summed E-state index contributed by atoms with van der Waals surface area (Å²) in [5.41, 5.74) is 8.93. The number of carboxylic acids is 1. The molecular formula is C32H27F3N4O3S. The van der Waals surface area contributed by atoms with Crippen molar-refractivity contribution in [2.24, 2.45) is 0 Å². The van der Waals surface area contributed by atoms with E-state index in [4.69, 9.17) is 19.4 Å². The largest absolute Gasteiger partial charge is 0.490 e. The zero-order chi connectivity index (χ0) is 30.6. The molecule has 220 valence electrons. The molecule has 0 spiro atoms. The molecule has 7 nitrogen and oxygen atoms in total. The van der Waals surface area contributed by atoms with E-state index in [2.05, 4.69) is 82.2 Å². The van der Waals surface area contributed by atoms with Crippen LogP contribution in [-0.2, 0) is 17.9 Å². The molecule has 11 heteroatoms. The Balaban J connectivity index is 0.000000472. The molecular weight excluding hydrogens is 577 g/mol. The molecule has 0 aliphatic carbocycles. The summed E-state index contributed by atoms with van der Waals surface area (Å²) in [7, 11) is 0. The van der Waals surface area contributed by atoms with Gasteiger partial charge in [0.15, 0.2) is 0 Å². The van der Waals surface area contributed by atoms with E-state index in [9.17, 15) is 13.2 Å². The molecule has 3 aromatic heterocycles. The van der Waals surface area contributed by atoms with Crippen LogP contribution in [0.2, 0.25) is 0 Å². The third-order valence-electron chi connectivity index (χ3n) is 6.62. The number of thiophene rings is 1.